The van der Waals surface area contributed by atoms with E-state index in [1.54, 1.807) is 6.07 Å². The number of hydrazone groups is 1. The van der Waals surface area contributed by atoms with Crippen molar-refractivity contribution in [2.75, 3.05) is 12.5 Å². The number of methoxy groups -OCH3 is 1. The number of aryl methyl sites for hydroxylation is 1. The van der Waals surface area contributed by atoms with E-state index in [1.165, 1.54) is 30.7 Å². The number of nitrogens with zero attached hydrogens (tertiary/aromatic N) is 2. The molecule has 1 heterocycles. The Hall–Kier alpha value is -1.66. The normalized spacial score (nSPS) is 10.9. The zero-order valence-electron chi connectivity index (χ0n) is 10.3. The minimum Gasteiger partial charge on any atom is -0.492 e. The van der Waals surface area contributed by atoms with Gasteiger partial charge in [0.1, 0.15) is 0 Å². The van der Waals surface area contributed by atoms with Gasteiger partial charge in [-0.1, -0.05) is 11.6 Å². The molecule has 4 nitrogen and oxygen atoms in total. The van der Waals surface area contributed by atoms with Crippen LogP contribution in [0.3, 0.4) is 0 Å². The Morgan fingerprint density at radius 3 is 2.95 bits per heavy atom. The van der Waals surface area contributed by atoms with Crippen LogP contribution in [0.1, 0.15) is 11.3 Å². The summed E-state index contributed by atoms with van der Waals surface area (Å²) in [7, 11) is 1.36. The molecule has 0 fully saturated rings. The van der Waals surface area contributed by atoms with E-state index in [1.807, 2.05) is 12.3 Å². The fourth-order valence-electron chi connectivity index (χ4n) is 1.40. The van der Waals surface area contributed by atoms with Crippen LogP contribution < -0.4 is 10.2 Å². The highest BCUT2D eigenvalue weighted by Gasteiger charge is 2.11. The lowest BCUT2D eigenvalue weighted by atomic mass is 10.2. The fourth-order valence-corrected chi connectivity index (χ4v) is 2.26. The van der Waals surface area contributed by atoms with E-state index >= 15 is 0 Å². The monoisotopic (exact) mass is 299 g/mol. The van der Waals surface area contributed by atoms with Gasteiger partial charge >= 0.3 is 0 Å². The first kappa shape index (κ1) is 13.8. The molecule has 0 aliphatic rings. The number of halogens is 2. The number of aromatic nitrogens is 1. The maximum Gasteiger partial charge on any atom is 0.203 e. The number of hydrogen-bond acceptors (Lipinski definition) is 5. The molecule has 0 radical (unpaired) electrons. The number of rotatable bonds is 4. The lowest BCUT2D eigenvalue weighted by molar-refractivity contribution is 0.386. The molecule has 0 aliphatic heterocycles. The first-order chi connectivity index (χ1) is 9.11. The van der Waals surface area contributed by atoms with Crippen LogP contribution in [0.4, 0.5) is 9.52 Å². The molecule has 100 valence electrons. The summed E-state index contributed by atoms with van der Waals surface area (Å²) in [5, 5.41) is 6.69. The van der Waals surface area contributed by atoms with Gasteiger partial charge in [-0.25, -0.2) is 9.37 Å². The summed E-state index contributed by atoms with van der Waals surface area (Å²) in [6.45, 7) is 1.88. The molecule has 0 amide bonds. The first-order valence-electron chi connectivity index (χ1n) is 5.35. The van der Waals surface area contributed by atoms with Crippen molar-refractivity contribution in [2.24, 2.45) is 5.10 Å². The quantitative estimate of drug-likeness (QED) is 0.691. The van der Waals surface area contributed by atoms with E-state index in [-0.39, 0.29) is 16.3 Å². The van der Waals surface area contributed by atoms with E-state index in [4.69, 9.17) is 16.3 Å². The molecule has 19 heavy (non-hydrogen) atoms. The molecule has 7 heteroatoms. The second-order valence-electron chi connectivity index (χ2n) is 3.65. The summed E-state index contributed by atoms with van der Waals surface area (Å²) in [4.78, 5) is 4.17. The van der Waals surface area contributed by atoms with E-state index in [0.29, 0.717) is 5.13 Å². The summed E-state index contributed by atoms with van der Waals surface area (Å²) >= 11 is 7.22. The Bertz CT molecular complexity index is 615. The number of benzene rings is 1. The maximum atomic E-state index is 13.9. The van der Waals surface area contributed by atoms with Crippen LogP contribution in [0.5, 0.6) is 5.75 Å². The van der Waals surface area contributed by atoms with Gasteiger partial charge < -0.3 is 4.74 Å². The van der Waals surface area contributed by atoms with Gasteiger partial charge in [-0.2, -0.15) is 5.10 Å². The van der Waals surface area contributed by atoms with Gasteiger partial charge in [0.25, 0.3) is 0 Å². The van der Waals surface area contributed by atoms with E-state index in [0.717, 1.165) is 5.69 Å². The van der Waals surface area contributed by atoms with Crippen LogP contribution in [-0.2, 0) is 0 Å². The standard InChI is InChI=1S/C12H11ClFN3OS/c1-7-6-19-12(16-7)17-15-5-8-3-4-9(13)11(18-2)10(8)14/h3-6H,1-2H3,(H,16,17). The molecule has 0 spiro atoms. The molecular weight excluding hydrogens is 289 g/mol. The lowest BCUT2D eigenvalue weighted by Crippen LogP contribution is -1.97. The van der Waals surface area contributed by atoms with Crippen LogP contribution in [0, 0.1) is 12.7 Å². The summed E-state index contributed by atoms with van der Waals surface area (Å²) in [6, 6.07) is 3.08. The average molecular weight is 300 g/mol. The predicted molar refractivity (Wildman–Crippen MR) is 76.0 cm³/mol. The molecule has 0 aliphatic carbocycles. The largest absolute Gasteiger partial charge is 0.492 e. The van der Waals surface area contributed by atoms with Gasteiger partial charge in [-0.3, -0.25) is 5.43 Å². The number of hydrogen-bond donors (Lipinski definition) is 1. The first-order valence-corrected chi connectivity index (χ1v) is 6.60. The highest BCUT2D eigenvalue weighted by atomic mass is 35.5. The van der Waals surface area contributed by atoms with E-state index < -0.39 is 5.82 Å². The van der Waals surface area contributed by atoms with Crippen molar-refractivity contribution in [1.82, 2.24) is 4.98 Å². The fraction of sp³-hybridized carbons (Fsp3) is 0.167. The Labute approximate surface area is 118 Å². The third-order valence-electron chi connectivity index (χ3n) is 2.27. The van der Waals surface area contributed by atoms with Gasteiger partial charge in [0.05, 0.1) is 24.0 Å². The number of ether oxygens (including phenoxy) is 1. The second-order valence-corrected chi connectivity index (χ2v) is 4.91. The SMILES string of the molecule is COc1c(Cl)ccc(C=NNc2nc(C)cs2)c1F. The molecule has 0 atom stereocenters. The van der Waals surface area contributed by atoms with Gasteiger partial charge in [-0.05, 0) is 19.1 Å². The Balaban J connectivity index is 2.15. The van der Waals surface area contributed by atoms with Crippen molar-refractivity contribution in [3.63, 3.8) is 0 Å². The van der Waals surface area contributed by atoms with Gasteiger partial charge in [0, 0.05) is 10.9 Å². The molecule has 0 saturated heterocycles. The molecule has 0 bridgehead atoms. The molecular formula is C12H11ClFN3OS. The number of nitrogens with one attached hydrogen (secondary N) is 1. The molecule has 0 unspecified atom stereocenters. The zero-order valence-corrected chi connectivity index (χ0v) is 11.8. The Kier molecular flexibility index (Phi) is 4.34. The number of thiazole rings is 1. The van der Waals surface area contributed by atoms with Crippen LogP contribution in [0.2, 0.25) is 5.02 Å². The average Bonchev–Trinajstić information content (AvgIpc) is 2.79. The van der Waals surface area contributed by atoms with Crippen LogP contribution in [0.15, 0.2) is 22.6 Å². The summed E-state index contributed by atoms with van der Waals surface area (Å²) in [6.07, 6.45) is 1.35. The highest BCUT2D eigenvalue weighted by molar-refractivity contribution is 7.13. The van der Waals surface area contributed by atoms with E-state index in [2.05, 4.69) is 15.5 Å². The topological polar surface area (TPSA) is 46.5 Å². The van der Waals surface area contributed by atoms with Gasteiger partial charge in [0.15, 0.2) is 11.6 Å². The summed E-state index contributed by atoms with van der Waals surface area (Å²) in [5.74, 6) is -0.536. The summed E-state index contributed by atoms with van der Waals surface area (Å²) in [5.41, 5.74) is 3.91. The van der Waals surface area contributed by atoms with Crippen LogP contribution in [0.25, 0.3) is 0 Å². The molecule has 2 rings (SSSR count). The molecule has 1 aromatic carbocycles. The lowest BCUT2D eigenvalue weighted by Gasteiger charge is -2.05. The van der Waals surface area contributed by atoms with Crippen molar-refractivity contribution >= 4 is 34.3 Å². The van der Waals surface area contributed by atoms with E-state index in [9.17, 15) is 4.39 Å². The molecule has 2 aromatic rings. The predicted octanol–water partition coefficient (Wildman–Crippen LogP) is 3.70. The minimum atomic E-state index is -0.545. The smallest absolute Gasteiger partial charge is 0.203 e. The zero-order chi connectivity index (χ0) is 13.8. The molecule has 1 aromatic heterocycles. The molecule has 0 saturated carbocycles. The summed E-state index contributed by atoms with van der Waals surface area (Å²) < 4.78 is 18.8. The third kappa shape index (κ3) is 3.21. The van der Waals surface area contributed by atoms with Gasteiger partial charge in [-0.15, -0.1) is 11.3 Å². The van der Waals surface area contributed by atoms with Crippen molar-refractivity contribution in [2.45, 2.75) is 6.92 Å². The Morgan fingerprint density at radius 2 is 2.32 bits per heavy atom. The highest BCUT2D eigenvalue weighted by Crippen LogP contribution is 2.28. The maximum absolute atomic E-state index is 13.9. The second kappa shape index (κ2) is 5.99. The van der Waals surface area contributed by atoms with Gasteiger partial charge in [0.2, 0.25) is 5.13 Å². The third-order valence-corrected chi connectivity index (χ3v) is 3.43. The van der Waals surface area contributed by atoms with Crippen molar-refractivity contribution < 1.29 is 9.13 Å². The Morgan fingerprint density at radius 1 is 1.53 bits per heavy atom. The minimum absolute atomic E-state index is 0.00992. The number of anilines is 1. The van der Waals surface area contributed by atoms with Crippen molar-refractivity contribution in [3.8, 4) is 5.75 Å². The molecule has 1 N–H and O–H groups in total. The van der Waals surface area contributed by atoms with Crippen molar-refractivity contribution in [1.29, 1.82) is 0 Å². The van der Waals surface area contributed by atoms with Crippen molar-refractivity contribution in [3.05, 3.63) is 39.6 Å². The van der Waals surface area contributed by atoms with Crippen LogP contribution >= 0.6 is 22.9 Å². The van der Waals surface area contributed by atoms with Crippen LogP contribution in [-0.4, -0.2) is 18.3 Å².